The summed E-state index contributed by atoms with van der Waals surface area (Å²) in [6.07, 6.45) is 0.752. The summed E-state index contributed by atoms with van der Waals surface area (Å²) in [7, 11) is 0. The second kappa shape index (κ2) is 5.55. The molecule has 0 aliphatic rings. The van der Waals surface area contributed by atoms with E-state index in [9.17, 15) is 14.4 Å². The van der Waals surface area contributed by atoms with Crippen LogP contribution in [0.2, 0.25) is 0 Å². The minimum Gasteiger partial charge on any atom is -0.350 e. The molecule has 21 heavy (non-hydrogen) atoms. The summed E-state index contributed by atoms with van der Waals surface area (Å²) in [4.78, 5) is 38.8. The molecule has 0 atom stereocenters. The first-order chi connectivity index (χ1) is 9.84. The van der Waals surface area contributed by atoms with E-state index in [1.165, 1.54) is 0 Å². The number of H-pyrrole nitrogens is 1. The first-order valence-electron chi connectivity index (χ1n) is 6.87. The number of aromatic amines is 1. The van der Waals surface area contributed by atoms with Crippen molar-refractivity contribution in [2.24, 2.45) is 0 Å². The van der Waals surface area contributed by atoms with Crippen molar-refractivity contribution in [1.29, 1.82) is 0 Å². The fourth-order valence-corrected chi connectivity index (χ4v) is 1.99. The van der Waals surface area contributed by atoms with E-state index in [0.717, 1.165) is 11.0 Å². The van der Waals surface area contributed by atoms with Gasteiger partial charge in [0.15, 0.2) is 0 Å². The number of para-hydroxylation sites is 1. The maximum Gasteiger partial charge on any atom is 0.329 e. The van der Waals surface area contributed by atoms with Crippen LogP contribution in [0.15, 0.2) is 33.9 Å². The van der Waals surface area contributed by atoms with Crippen molar-refractivity contribution >= 4 is 16.8 Å². The molecule has 0 fully saturated rings. The van der Waals surface area contributed by atoms with Crippen LogP contribution in [0.4, 0.5) is 0 Å². The van der Waals surface area contributed by atoms with Crippen LogP contribution in [-0.4, -0.2) is 21.0 Å². The second-order valence-electron chi connectivity index (χ2n) is 5.65. The maximum atomic E-state index is 12.3. The summed E-state index contributed by atoms with van der Waals surface area (Å²) in [5, 5.41) is 3.19. The molecule has 2 aromatic rings. The number of carbonyl (C=O) groups is 1. The zero-order valence-electron chi connectivity index (χ0n) is 12.4. The largest absolute Gasteiger partial charge is 0.350 e. The smallest absolute Gasteiger partial charge is 0.329 e. The van der Waals surface area contributed by atoms with Gasteiger partial charge in [-0.1, -0.05) is 19.1 Å². The van der Waals surface area contributed by atoms with E-state index >= 15 is 0 Å². The Morgan fingerprint density at radius 2 is 1.95 bits per heavy atom. The van der Waals surface area contributed by atoms with Crippen LogP contribution in [0.5, 0.6) is 0 Å². The van der Waals surface area contributed by atoms with Gasteiger partial charge in [-0.15, -0.1) is 0 Å². The fraction of sp³-hybridized carbons (Fsp3) is 0.400. The Bertz CT molecular complexity index is 787. The molecule has 6 heteroatoms. The predicted octanol–water partition coefficient (Wildman–Crippen LogP) is 0.995. The SMILES string of the molecule is CCC(C)(C)NC(=O)Cn1c(=O)[nH]c2ccccc2c1=O. The van der Waals surface area contributed by atoms with E-state index in [1.807, 2.05) is 20.8 Å². The van der Waals surface area contributed by atoms with Crippen molar-refractivity contribution in [3.05, 3.63) is 45.1 Å². The molecule has 0 spiro atoms. The van der Waals surface area contributed by atoms with Crippen LogP contribution >= 0.6 is 0 Å². The average molecular weight is 289 g/mol. The Morgan fingerprint density at radius 1 is 1.29 bits per heavy atom. The van der Waals surface area contributed by atoms with Gasteiger partial charge in [0.1, 0.15) is 6.54 Å². The average Bonchev–Trinajstić information content (AvgIpc) is 2.43. The highest BCUT2D eigenvalue weighted by Crippen LogP contribution is 2.06. The van der Waals surface area contributed by atoms with Gasteiger partial charge in [-0.3, -0.25) is 14.2 Å². The molecular formula is C15H19N3O3. The van der Waals surface area contributed by atoms with E-state index in [2.05, 4.69) is 10.3 Å². The lowest BCUT2D eigenvalue weighted by molar-refractivity contribution is -0.123. The predicted molar refractivity (Wildman–Crippen MR) is 81.3 cm³/mol. The molecule has 1 amide bonds. The number of amides is 1. The quantitative estimate of drug-likeness (QED) is 0.880. The van der Waals surface area contributed by atoms with Crippen LogP contribution in [-0.2, 0) is 11.3 Å². The van der Waals surface area contributed by atoms with Crippen molar-refractivity contribution in [1.82, 2.24) is 14.9 Å². The molecule has 2 N–H and O–H groups in total. The topological polar surface area (TPSA) is 84.0 Å². The molecule has 112 valence electrons. The third-order valence-electron chi connectivity index (χ3n) is 3.55. The standard InChI is InChI=1S/C15H19N3O3/c1-4-15(2,3)17-12(19)9-18-13(20)10-7-5-6-8-11(10)16-14(18)21/h5-8H,4,9H2,1-3H3,(H,16,21)(H,17,19). The summed E-state index contributed by atoms with van der Waals surface area (Å²) in [5.74, 6) is -0.357. The number of fused-ring (bicyclic) bond motifs is 1. The highest BCUT2D eigenvalue weighted by molar-refractivity contribution is 5.79. The summed E-state index contributed by atoms with van der Waals surface area (Å²) in [5.41, 5.74) is -0.940. The van der Waals surface area contributed by atoms with Crippen LogP contribution in [0.25, 0.3) is 10.9 Å². The van der Waals surface area contributed by atoms with Crippen LogP contribution in [0.3, 0.4) is 0 Å². The molecule has 1 aromatic heterocycles. The first kappa shape index (κ1) is 15.0. The van der Waals surface area contributed by atoms with Gasteiger partial charge in [-0.2, -0.15) is 0 Å². The van der Waals surface area contributed by atoms with E-state index in [1.54, 1.807) is 24.3 Å². The van der Waals surface area contributed by atoms with E-state index in [-0.39, 0.29) is 18.0 Å². The number of aromatic nitrogens is 2. The molecule has 0 saturated carbocycles. The van der Waals surface area contributed by atoms with Crippen LogP contribution in [0, 0.1) is 0 Å². The summed E-state index contributed by atoms with van der Waals surface area (Å²) < 4.78 is 0.920. The van der Waals surface area contributed by atoms with Gasteiger partial charge in [0.2, 0.25) is 5.91 Å². The number of benzene rings is 1. The van der Waals surface area contributed by atoms with Gasteiger partial charge in [-0.05, 0) is 32.4 Å². The Morgan fingerprint density at radius 3 is 2.62 bits per heavy atom. The third kappa shape index (κ3) is 3.21. The maximum absolute atomic E-state index is 12.3. The number of hydrogen-bond donors (Lipinski definition) is 2. The molecule has 0 unspecified atom stereocenters. The van der Waals surface area contributed by atoms with Crippen LogP contribution in [0.1, 0.15) is 27.2 Å². The molecule has 0 radical (unpaired) electrons. The summed E-state index contributed by atoms with van der Waals surface area (Å²) >= 11 is 0. The first-order valence-corrected chi connectivity index (χ1v) is 6.87. The number of nitrogens with zero attached hydrogens (tertiary/aromatic N) is 1. The molecule has 0 aliphatic heterocycles. The van der Waals surface area contributed by atoms with Crippen molar-refractivity contribution in [2.45, 2.75) is 39.3 Å². The van der Waals surface area contributed by atoms with E-state index < -0.39 is 11.2 Å². The zero-order chi connectivity index (χ0) is 15.6. The van der Waals surface area contributed by atoms with Gasteiger partial charge >= 0.3 is 5.69 Å². The lowest BCUT2D eigenvalue weighted by Crippen LogP contribution is -2.47. The van der Waals surface area contributed by atoms with Crippen molar-refractivity contribution in [3.8, 4) is 0 Å². The number of nitrogens with one attached hydrogen (secondary N) is 2. The number of carbonyl (C=O) groups excluding carboxylic acids is 1. The van der Waals surface area contributed by atoms with Gasteiger partial charge in [-0.25, -0.2) is 4.79 Å². The summed E-state index contributed by atoms with van der Waals surface area (Å²) in [6.45, 7) is 5.44. The third-order valence-corrected chi connectivity index (χ3v) is 3.55. The van der Waals surface area contributed by atoms with Crippen molar-refractivity contribution in [3.63, 3.8) is 0 Å². The fourth-order valence-electron chi connectivity index (χ4n) is 1.99. The van der Waals surface area contributed by atoms with E-state index in [0.29, 0.717) is 10.9 Å². The Labute approximate surface area is 121 Å². The number of hydrogen-bond acceptors (Lipinski definition) is 3. The lowest BCUT2D eigenvalue weighted by Gasteiger charge is -2.24. The Kier molecular flexibility index (Phi) is 3.97. The summed E-state index contributed by atoms with van der Waals surface area (Å²) in [6, 6.07) is 6.73. The van der Waals surface area contributed by atoms with Crippen molar-refractivity contribution < 1.29 is 4.79 Å². The van der Waals surface area contributed by atoms with Gasteiger partial charge in [0.05, 0.1) is 10.9 Å². The Balaban J connectivity index is 2.37. The second-order valence-corrected chi connectivity index (χ2v) is 5.65. The van der Waals surface area contributed by atoms with Crippen molar-refractivity contribution in [2.75, 3.05) is 0 Å². The minimum absolute atomic E-state index is 0.289. The van der Waals surface area contributed by atoms with Gasteiger partial charge in [0.25, 0.3) is 5.56 Å². The van der Waals surface area contributed by atoms with Crippen LogP contribution < -0.4 is 16.6 Å². The molecule has 0 bridgehead atoms. The number of rotatable bonds is 4. The molecule has 0 saturated heterocycles. The van der Waals surface area contributed by atoms with E-state index in [4.69, 9.17) is 0 Å². The lowest BCUT2D eigenvalue weighted by atomic mass is 10.0. The molecule has 6 nitrogen and oxygen atoms in total. The van der Waals surface area contributed by atoms with Gasteiger partial charge in [0, 0.05) is 5.54 Å². The highest BCUT2D eigenvalue weighted by Gasteiger charge is 2.19. The van der Waals surface area contributed by atoms with Gasteiger partial charge < -0.3 is 10.3 Å². The molecule has 0 aliphatic carbocycles. The highest BCUT2D eigenvalue weighted by atomic mass is 16.2. The minimum atomic E-state index is -0.580. The molecule has 2 rings (SSSR count). The zero-order valence-corrected chi connectivity index (χ0v) is 12.4. The molecular weight excluding hydrogens is 270 g/mol. The monoisotopic (exact) mass is 289 g/mol. The molecule has 1 aromatic carbocycles. The normalized spacial score (nSPS) is 11.6. The Hall–Kier alpha value is -2.37. The molecule has 1 heterocycles.